The second kappa shape index (κ2) is 39.9. The summed E-state index contributed by atoms with van der Waals surface area (Å²) in [5, 5.41) is 0. The van der Waals surface area contributed by atoms with Gasteiger partial charge in [-0.25, -0.2) is 4.57 Å². The number of carbonyl (C=O) groups is 2. The van der Waals surface area contributed by atoms with Gasteiger partial charge < -0.3 is 20.1 Å². The van der Waals surface area contributed by atoms with E-state index in [1.165, 1.54) is 109 Å². The molecule has 0 amide bonds. The number of carbonyl (C=O) groups excluding carboxylic acids is 2. The van der Waals surface area contributed by atoms with Gasteiger partial charge in [0.25, 0.3) is 0 Å². The summed E-state index contributed by atoms with van der Waals surface area (Å²) in [5.41, 5.74) is 5.34. The highest BCUT2D eigenvalue weighted by Crippen LogP contribution is 2.43. The Morgan fingerprint density at radius 1 is 0.566 bits per heavy atom. The van der Waals surface area contributed by atoms with Gasteiger partial charge in [-0.3, -0.25) is 18.6 Å². The van der Waals surface area contributed by atoms with Crippen molar-refractivity contribution < 1.29 is 37.6 Å². The molecule has 9 nitrogen and oxygen atoms in total. The summed E-state index contributed by atoms with van der Waals surface area (Å²) in [6.45, 7) is 3.67. The molecule has 10 heteroatoms. The van der Waals surface area contributed by atoms with Crippen LogP contribution in [0.25, 0.3) is 0 Å². The van der Waals surface area contributed by atoms with Crippen molar-refractivity contribution in [2.24, 2.45) is 5.73 Å². The van der Waals surface area contributed by atoms with Crippen molar-refractivity contribution in [3.8, 4) is 0 Å². The van der Waals surface area contributed by atoms with Gasteiger partial charge in [0.05, 0.1) is 13.2 Å². The first-order chi connectivity index (χ1) is 25.8. The van der Waals surface area contributed by atoms with E-state index in [1.54, 1.807) is 0 Å². The van der Waals surface area contributed by atoms with E-state index in [9.17, 15) is 19.0 Å². The molecule has 0 fully saturated rings. The Morgan fingerprint density at radius 3 is 1.49 bits per heavy atom. The van der Waals surface area contributed by atoms with Gasteiger partial charge in [-0.2, -0.15) is 0 Å². The fourth-order valence-corrected chi connectivity index (χ4v) is 6.58. The Bertz CT molecular complexity index is 970. The second-order valence-electron chi connectivity index (χ2n) is 14.2. The van der Waals surface area contributed by atoms with Gasteiger partial charge in [-0.05, 0) is 51.4 Å². The monoisotopic (exact) mass is 770 g/mol. The standard InChI is InChI=1S/C43H80NO8P/c1-3-5-7-9-11-13-15-17-19-20-22-23-25-27-29-31-33-35-42(45)49-39-41(40-51-53(47,48)50-38-37-44)52-43(46)36-34-32-30-28-26-24-21-18-16-14-12-10-8-6-4-2/h12,14,18,21,26,28,41H,3-11,13,15-17,19-20,22-25,27,29-40,44H2,1-2H3,(H,47,48). The van der Waals surface area contributed by atoms with E-state index in [4.69, 9.17) is 24.3 Å². The fraction of sp³-hybridized carbons (Fsp3) is 0.814. The zero-order chi connectivity index (χ0) is 38.9. The van der Waals surface area contributed by atoms with Crippen molar-refractivity contribution in [2.45, 2.75) is 200 Å². The maximum atomic E-state index is 12.5. The SMILES string of the molecule is CCCCCC=CCC=CCC=CCCCCC(=O)OC(COC(=O)CCCCCCCCCCCCCCCCCCC)COP(=O)(O)OCCN. The van der Waals surface area contributed by atoms with Gasteiger partial charge >= 0.3 is 19.8 Å². The van der Waals surface area contributed by atoms with Crippen LogP contribution in [0.1, 0.15) is 194 Å². The Hall–Kier alpha value is -1.77. The Labute approximate surface area is 324 Å². The van der Waals surface area contributed by atoms with Crippen molar-refractivity contribution >= 4 is 19.8 Å². The van der Waals surface area contributed by atoms with Crippen LogP contribution < -0.4 is 5.73 Å². The zero-order valence-electron chi connectivity index (χ0n) is 34.0. The summed E-state index contributed by atoms with van der Waals surface area (Å²) in [6.07, 6.45) is 43.2. The van der Waals surface area contributed by atoms with Crippen molar-refractivity contribution in [3.63, 3.8) is 0 Å². The van der Waals surface area contributed by atoms with Crippen LogP contribution >= 0.6 is 7.82 Å². The number of nitrogens with two attached hydrogens (primary N) is 1. The summed E-state index contributed by atoms with van der Waals surface area (Å²) in [4.78, 5) is 34.8. The molecule has 310 valence electrons. The molecule has 0 heterocycles. The van der Waals surface area contributed by atoms with Crippen molar-refractivity contribution in [1.82, 2.24) is 0 Å². The number of hydrogen-bond acceptors (Lipinski definition) is 8. The van der Waals surface area contributed by atoms with Gasteiger partial charge in [-0.15, -0.1) is 0 Å². The molecule has 0 aliphatic carbocycles. The minimum absolute atomic E-state index is 0.0477. The maximum Gasteiger partial charge on any atom is 0.472 e. The third-order valence-electron chi connectivity index (χ3n) is 9.03. The number of esters is 2. The maximum absolute atomic E-state index is 12.5. The number of allylic oxidation sites excluding steroid dienone is 6. The molecule has 3 N–H and O–H groups in total. The van der Waals surface area contributed by atoms with Crippen LogP contribution in [0.3, 0.4) is 0 Å². The quantitative estimate of drug-likeness (QED) is 0.0270. The number of ether oxygens (including phenoxy) is 2. The average Bonchev–Trinajstić information content (AvgIpc) is 3.14. The van der Waals surface area contributed by atoms with Crippen LogP contribution in [0.15, 0.2) is 36.5 Å². The number of hydrogen-bond donors (Lipinski definition) is 2. The van der Waals surface area contributed by atoms with Crippen LogP contribution in [-0.2, 0) is 32.7 Å². The molecule has 0 bridgehead atoms. The largest absolute Gasteiger partial charge is 0.472 e. The van der Waals surface area contributed by atoms with Crippen molar-refractivity contribution in [2.75, 3.05) is 26.4 Å². The molecule has 0 radical (unpaired) electrons. The van der Waals surface area contributed by atoms with E-state index in [2.05, 4.69) is 50.3 Å². The minimum atomic E-state index is -4.38. The lowest BCUT2D eigenvalue weighted by atomic mass is 10.0. The number of rotatable bonds is 40. The molecule has 2 unspecified atom stereocenters. The number of phosphoric acid groups is 1. The fourth-order valence-electron chi connectivity index (χ4n) is 5.82. The molecular weight excluding hydrogens is 689 g/mol. The predicted molar refractivity (Wildman–Crippen MR) is 220 cm³/mol. The van der Waals surface area contributed by atoms with Gasteiger partial charge in [-0.1, -0.05) is 166 Å². The Morgan fingerprint density at radius 2 is 0.981 bits per heavy atom. The molecular formula is C43H80NO8P. The predicted octanol–water partition coefficient (Wildman–Crippen LogP) is 12.2. The molecule has 2 atom stereocenters. The lowest BCUT2D eigenvalue weighted by Gasteiger charge is -2.19. The highest BCUT2D eigenvalue weighted by molar-refractivity contribution is 7.47. The van der Waals surface area contributed by atoms with Crippen molar-refractivity contribution in [3.05, 3.63) is 36.5 Å². The first-order valence-corrected chi connectivity index (χ1v) is 23.0. The molecule has 0 aliphatic rings. The van der Waals surface area contributed by atoms with Crippen LogP contribution in [0.4, 0.5) is 0 Å². The lowest BCUT2D eigenvalue weighted by molar-refractivity contribution is -0.161. The zero-order valence-corrected chi connectivity index (χ0v) is 34.9. The van der Waals surface area contributed by atoms with Gasteiger partial charge in [0.2, 0.25) is 0 Å². The molecule has 0 aromatic carbocycles. The number of phosphoric ester groups is 1. The van der Waals surface area contributed by atoms with Crippen LogP contribution in [0.5, 0.6) is 0 Å². The summed E-state index contributed by atoms with van der Waals surface area (Å²) in [6, 6.07) is 0. The summed E-state index contributed by atoms with van der Waals surface area (Å²) in [7, 11) is -4.38. The van der Waals surface area contributed by atoms with Crippen LogP contribution in [0, 0.1) is 0 Å². The number of unbranched alkanes of at least 4 members (excludes halogenated alkanes) is 21. The average molecular weight is 770 g/mol. The van der Waals surface area contributed by atoms with E-state index < -0.39 is 26.5 Å². The van der Waals surface area contributed by atoms with Gasteiger partial charge in [0, 0.05) is 19.4 Å². The summed E-state index contributed by atoms with van der Waals surface area (Å²) >= 11 is 0. The summed E-state index contributed by atoms with van der Waals surface area (Å²) < 4.78 is 32.7. The van der Waals surface area contributed by atoms with E-state index in [0.29, 0.717) is 6.42 Å². The molecule has 0 saturated carbocycles. The highest BCUT2D eigenvalue weighted by Gasteiger charge is 2.26. The molecule has 0 aliphatic heterocycles. The highest BCUT2D eigenvalue weighted by atomic mass is 31.2. The van der Waals surface area contributed by atoms with E-state index in [1.807, 2.05) is 0 Å². The van der Waals surface area contributed by atoms with Crippen molar-refractivity contribution in [1.29, 1.82) is 0 Å². The van der Waals surface area contributed by atoms with E-state index in [0.717, 1.165) is 51.4 Å². The van der Waals surface area contributed by atoms with Gasteiger partial charge in [0.1, 0.15) is 6.61 Å². The second-order valence-corrected chi connectivity index (χ2v) is 15.7. The third kappa shape index (κ3) is 39.7. The first kappa shape index (κ1) is 51.2. The lowest BCUT2D eigenvalue weighted by Crippen LogP contribution is -2.29. The molecule has 0 spiro atoms. The molecule has 0 aromatic heterocycles. The van der Waals surface area contributed by atoms with Crippen LogP contribution in [-0.4, -0.2) is 49.3 Å². The van der Waals surface area contributed by atoms with E-state index in [-0.39, 0.29) is 38.6 Å². The normalized spacial score (nSPS) is 13.7. The van der Waals surface area contributed by atoms with Crippen LogP contribution in [0.2, 0.25) is 0 Å². The molecule has 0 aromatic rings. The van der Waals surface area contributed by atoms with E-state index >= 15 is 0 Å². The minimum Gasteiger partial charge on any atom is -0.462 e. The molecule has 53 heavy (non-hydrogen) atoms. The summed E-state index contributed by atoms with van der Waals surface area (Å²) in [5.74, 6) is -0.868. The Balaban J connectivity index is 4.19. The smallest absolute Gasteiger partial charge is 0.462 e. The Kier molecular flexibility index (Phi) is 38.6. The third-order valence-corrected chi connectivity index (χ3v) is 10.0. The first-order valence-electron chi connectivity index (χ1n) is 21.5. The molecule has 0 rings (SSSR count). The topological polar surface area (TPSA) is 134 Å². The van der Waals surface area contributed by atoms with Gasteiger partial charge in [0.15, 0.2) is 6.10 Å². The molecule has 0 saturated heterocycles.